The summed E-state index contributed by atoms with van der Waals surface area (Å²) >= 11 is 0. The lowest BCUT2D eigenvalue weighted by atomic mass is 10.1. The molecule has 0 spiro atoms. The zero-order valence-electron chi connectivity index (χ0n) is 11.3. The van der Waals surface area contributed by atoms with Crippen LogP contribution in [0.2, 0.25) is 0 Å². The first kappa shape index (κ1) is 15.5. The van der Waals surface area contributed by atoms with Crippen molar-refractivity contribution in [2.24, 2.45) is 0 Å². The second-order valence-corrected chi connectivity index (χ2v) is 4.34. The first-order valence-corrected chi connectivity index (χ1v) is 5.88. The third-order valence-corrected chi connectivity index (χ3v) is 2.86. The number of rotatable bonds is 2. The molecule has 2 rings (SSSR count). The number of carbonyl (C=O) groups is 1. The maximum absolute atomic E-state index is 14.0. The van der Waals surface area contributed by atoms with Gasteiger partial charge in [-0.25, -0.2) is 22.2 Å². The van der Waals surface area contributed by atoms with Gasteiger partial charge in [-0.15, -0.1) is 0 Å². The van der Waals surface area contributed by atoms with Gasteiger partial charge >= 0.3 is 0 Å². The Morgan fingerprint density at radius 1 is 1.23 bits per heavy atom. The molecule has 0 unspecified atom stereocenters. The van der Waals surface area contributed by atoms with Gasteiger partial charge in [0.05, 0.1) is 6.20 Å². The number of benzene rings is 1. The second-order valence-electron chi connectivity index (χ2n) is 4.34. The standard InChI is InChI=1S/C13H8F4N4O/c1-5-8(14)10(16)12(11(17)9(5)15)21-13(20-6(2)22)7(3-18)4-19-21/h4H,1-2H3,(H,20,22). The molecule has 22 heavy (non-hydrogen) atoms. The van der Waals surface area contributed by atoms with Crippen molar-refractivity contribution in [3.8, 4) is 11.8 Å². The summed E-state index contributed by atoms with van der Waals surface area (Å²) in [4.78, 5) is 11.1. The van der Waals surface area contributed by atoms with E-state index < -0.39 is 46.2 Å². The van der Waals surface area contributed by atoms with Crippen LogP contribution in [0.4, 0.5) is 23.4 Å². The van der Waals surface area contributed by atoms with Gasteiger partial charge in [-0.2, -0.15) is 10.4 Å². The lowest BCUT2D eigenvalue weighted by molar-refractivity contribution is -0.114. The summed E-state index contributed by atoms with van der Waals surface area (Å²) in [6.07, 6.45) is 0.903. The molecular formula is C13H8F4N4O. The van der Waals surface area contributed by atoms with E-state index >= 15 is 0 Å². The Morgan fingerprint density at radius 2 is 1.77 bits per heavy atom. The number of nitrogens with zero attached hydrogens (tertiary/aromatic N) is 3. The predicted molar refractivity (Wildman–Crippen MR) is 67.2 cm³/mol. The summed E-state index contributed by atoms with van der Waals surface area (Å²) in [5.41, 5.74) is -2.21. The fourth-order valence-corrected chi connectivity index (χ4v) is 1.80. The maximum atomic E-state index is 14.0. The lowest BCUT2D eigenvalue weighted by Crippen LogP contribution is -2.16. The molecule has 0 bridgehead atoms. The highest BCUT2D eigenvalue weighted by Crippen LogP contribution is 2.29. The van der Waals surface area contributed by atoms with Crippen LogP contribution in [-0.2, 0) is 4.79 Å². The molecule has 114 valence electrons. The Kier molecular flexibility index (Phi) is 3.86. The number of anilines is 1. The zero-order valence-corrected chi connectivity index (χ0v) is 11.3. The van der Waals surface area contributed by atoms with Crippen LogP contribution in [-0.4, -0.2) is 15.7 Å². The average molecular weight is 312 g/mol. The molecule has 0 saturated carbocycles. The average Bonchev–Trinajstić information content (AvgIpc) is 2.85. The SMILES string of the molecule is CC(=O)Nc1c(C#N)cnn1-c1c(F)c(F)c(C)c(F)c1F. The number of nitriles is 1. The quantitative estimate of drug-likeness (QED) is 0.684. The fourth-order valence-electron chi connectivity index (χ4n) is 1.80. The van der Waals surface area contributed by atoms with E-state index in [9.17, 15) is 22.4 Å². The minimum Gasteiger partial charge on any atom is -0.310 e. The van der Waals surface area contributed by atoms with Crippen LogP contribution in [0.15, 0.2) is 6.20 Å². The molecule has 2 aromatic rings. The van der Waals surface area contributed by atoms with Crippen molar-refractivity contribution < 1.29 is 22.4 Å². The van der Waals surface area contributed by atoms with E-state index in [1.54, 1.807) is 6.07 Å². The van der Waals surface area contributed by atoms with E-state index in [4.69, 9.17) is 5.26 Å². The highest BCUT2D eigenvalue weighted by atomic mass is 19.2. The third kappa shape index (κ3) is 2.28. The summed E-state index contributed by atoms with van der Waals surface area (Å²) in [5, 5.41) is 14.5. The molecule has 0 aliphatic carbocycles. The van der Waals surface area contributed by atoms with Crippen LogP contribution in [0, 0.1) is 41.5 Å². The summed E-state index contributed by atoms with van der Waals surface area (Å²) in [5.74, 6) is -7.60. The molecule has 1 aromatic carbocycles. The van der Waals surface area contributed by atoms with Crippen LogP contribution < -0.4 is 5.32 Å². The van der Waals surface area contributed by atoms with Crippen molar-refractivity contribution >= 4 is 11.7 Å². The van der Waals surface area contributed by atoms with Crippen molar-refractivity contribution in [1.29, 1.82) is 5.26 Å². The Balaban J connectivity index is 2.81. The van der Waals surface area contributed by atoms with Crippen molar-refractivity contribution in [2.45, 2.75) is 13.8 Å². The first-order chi connectivity index (χ1) is 10.3. The van der Waals surface area contributed by atoms with E-state index in [-0.39, 0.29) is 5.56 Å². The smallest absolute Gasteiger partial charge is 0.222 e. The van der Waals surface area contributed by atoms with E-state index in [0.717, 1.165) is 20.0 Å². The van der Waals surface area contributed by atoms with E-state index in [2.05, 4.69) is 10.4 Å². The molecule has 0 aliphatic heterocycles. The largest absolute Gasteiger partial charge is 0.310 e. The number of amides is 1. The molecule has 5 nitrogen and oxygen atoms in total. The highest BCUT2D eigenvalue weighted by Gasteiger charge is 2.27. The maximum Gasteiger partial charge on any atom is 0.222 e. The van der Waals surface area contributed by atoms with Crippen LogP contribution in [0.1, 0.15) is 18.1 Å². The molecule has 1 amide bonds. The summed E-state index contributed by atoms with van der Waals surface area (Å²) in [7, 11) is 0. The Hall–Kier alpha value is -2.89. The monoisotopic (exact) mass is 312 g/mol. The van der Waals surface area contributed by atoms with Crippen molar-refractivity contribution in [3.63, 3.8) is 0 Å². The zero-order chi connectivity index (χ0) is 16.6. The molecule has 0 radical (unpaired) electrons. The number of halogens is 4. The van der Waals surface area contributed by atoms with Crippen LogP contribution in [0.25, 0.3) is 5.69 Å². The Morgan fingerprint density at radius 3 is 2.23 bits per heavy atom. The number of aromatic nitrogens is 2. The number of hydrogen-bond donors (Lipinski definition) is 1. The summed E-state index contributed by atoms with van der Waals surface area (Å²) in [6, 6.07) is 1.64. The minimum atomic E-state index is -1.68. The number of hydrogen-bond acceptors (Lipinski definition) is 3. The molecule has 1 N–H and O–H groups in total. The van der Waals surface area contributed by atoms with Gasteiger partial charge in [0.1, 0.15) is 17.3 Å². The lowest BCUT2D eigenvalue weighted by Gasteiger charge is -2.12. The second kappa shape index (κ2) is 5.48. The highest BCUT2D eigenvalue weighted by molar-refractivity contribution is 5.89. The molecular weight excluding hydrogens is 304 g/mol. The van der Waals surface area contributed by atoms with Crippen LogP contribution in [0.3, 0.4) is 0 Å². The van der Waals surface area contributed by atoms with Gasteiger partial charge in [0, 0.05) is 12.5 Å². The number of carbonyl (C=O) groups excluding carboxylic acids is 1. The molecule has 1 aromatic heterocycles. The Labute approximate surface area is 121 Å². The fraction of sp³-hybridized carbons (Fsp3) is 0.154. The molecule has 9 heteroatoms. The Bertz CT molecular complexity index is 793. The van der Waals surface area contributed by atoms with Crippen molar-refractivity contribution in [2.75, 3.05) is 5.32 Å². The molecule has 1 heterocycles. The molecule has 0 atom stereocenters. The van der Waals surface area contributed by atoms with E-state index in [1.807, 2.05) is 0 Å². The van der Waals surface area contributed by atoms with Gasteiger partial charge in [0.2, 0.25) is 5.91 Å². The normalized spacial score (nSPS) is 10.4. The van der Waals surface area contributed by atoms with Gasteiger partial charge < -0.3 is 5.32 Å². The van der Waals surface area contributed by atoms with Gasteiger partial charge in [-0.3, -0.25) is 4.79 Å². The summed E-state index contributed by atoms with van der Waals surface area (Å²) < 4.78 is 55.6. The van der Waals surface area contributed by atoms with Gasteiger partial charge in [-0.1, -0.05) is 0 Å². The van der Waals surface area contributed by atoms with Crippen molar-refractivity contribution in [3.05, 3.63) is 40.6 Å². The van der Waals surface area contributed by atoms with E-state index in [0.29, 0.717) is 4.68 Å². The van der Waals surface area contributed by atoms with Gasteiger partial charge in [-0.05, 0) is 6.92 Å². The minimum absolute atomic E-state index is 0.226. The third-order valence-electron chi connectivity index (χ3n) is 2.86. The topological polar surface area (TPSA) is 70.7 Å². The molecule has 0 aliphatic rings. The van der Waals surface area contributed by atoms with Crippen LogP contribution in [0.5, 0.6) is 0 Å². The molecule has 0 saturated heterocycles. The van der Waals surface area contributed by atoms with Gasteiger partial charge in [0.25, 0.3) is 0 Å². The van der Waals surface area contributed by atoms with Crippen LogP contribution >= 0.6 is 0 Å². The summed E-state index contributed by atoms with van der Waals surface area (Å²) in [6.45, 7) is 1.96. The molecule has 0 fully saturated rings. The first-order valence-electron chi connectivity index (χ1n) is 5.88. The predicted octanol–water partition coefficient (Wildman–Crippen LogP) is 2.57. The van der Waals surface area contributed by atoms with E-state index in [1.165, 1.54) is 0 Å². The number of nitrogens with one attached hydrogen (secondary N) is 1. The van der Waals surface area contributed by atoms with Crippen molar-refractivity contribution in [1.82, 2.24) is 9.78 Å². The van der Waals surface area contributed by atoms with Gasteiger partial charge in [0.15, 0.2) is 29.1 Å².